The zero-order valence-electron chi connectivity index (χ0n) is 17.1. The van der Waals surface area contributed by atoms with Crippen LogP contribution in [0.25, 0.3) is 0 Å². The molecule has 0 bridgehead atoms. The van der Waals surface area contributed by atoms with Crippen molar-refractivity contribution in [1.82, 2.24) is 0 Å². The van der Waals surface area contributed by atoms with Crippen LogP contribution in [0.2, 0.25) is 0 Å². The number of amides is 1. The van der Waals surface area contributed by atoms with E-state index in [1.54, 1.807) is 43.0 Å². The van der Waals surface area contributed by atoms with Gasteiger partial charge in [-0.25, -0.2) is 13.6 Å². The lowest BCUT2D eigenvalue weighted by atomic mass is 10.0. The molecular weight excluding hydrogens is 435 g/mol. The van der Waals surface area contributed by atoms with E-state index in [1.807, 2.05) is 0 Å². The smallest absolute Gasteiger partial charge is 0.380 e. The maximum Gasteiger partial charge on any atom is 0.417 e. The summed E-state index contributed by atoms with van der Waals surface area (Å²) >= 11 is 0. The number of sulfonamides is 1. The number of aryl methyl sites for hydroxylation is 1. The van der Waals surface area contributed by atoms with Crippen LogP contribution < -0.4 is 14.9 Å². The van der Waals surface area contributed by atoms with Crippen molar-refractivity contribution in [3.63, 3.8) is 0 Å². The fourth-order valence-corrected chi connectivity index (χ4v) is 4.27. The first-order valence-corrected chi connectivity index (χ1v) is 10.8. The van der Waals surface area contributed by atoms with Gasteiger partial charge in [0, 0.05) is 19.3 Å². The molecule has 7 nitrogen and oxygen atoms in total. The molecule has 0 spiro atoms. The number of ether oxygens (including phenoxy) is 1. The van der Waals surface area contributed by atoms with Crippen molar-refractivity contribution >= 4 is 27.3 Å². The van der Waals surface area contributed by atoms with Gasteiger partial charge in [0.2, 0.25) is 10.0 Å². The summed E-state index contributed by atoms with van der Waals surface area (Å²) in [6.45, 7) is 3.67. The van der Waals surface area contributed by atoms with E-state index in [0.29, 0.717) is 17.8 Å². The molecule has 1 aliphatic heterocycles. The summed E-state index contributed by atoms with van der Waals surface area (Å²) < 4.78 is 70.0. The van der Waals surface area contributed by atoms with Gasteiger partial charge >= 0.3 is 6.18 Å². The number of carbonyl (C=O) groups excluding carboxylic acids is 1. The molecule has 2 aromatic rings. The minimum atomic E-state index is -4.98. The Labute approximate surface area is 178 Å². The zero-order chi connectivity index (χ0) is 23.1. The summed E-state index contributed by atoms with van der Waals surface area (Å²) in [5, 5.41) is 5.05. The first kappa shape index (κ1) is 23.0. The minimum absolute atomic E-state index is 0.0292. The summed E-state index contributed by atoms with van der Waals surface area (Å²) in [5.74, 6) is -0.621. The van der Waals surface area contributed by atoms with E-state index in [1.165, 1.54) is 12.0 Å². The van der Waals surface area contributed by atoms with E-state index in [2.05, 4.69) is 0 Å². The van der Waals surface area contributed by atoms with Gasteiger partial charge in [0.15, 0.2) is 0 Å². The highest BCUT2D eigenvalue weighted by Gasteiger charge is 2.41. The van der Waals surface area contributed by atoms with Gasteiger partial charge in [-0.3, -0.25) is 9.69 Å². The van der Waals surface area contributed by atoms with Crippen LogP contribution in [0.4, 0.5) is 24.5 Å². The summed E-state index contributed by atoms with van der Waals surface area (Å²) in [6, 6.07) is 8.41. The lowest BCUT2D eigenvalue weighted by Gasteiger charge is -2.40. The van der Waals surface area contributed by atoms with E-state index in [4.69, 9.17) is 9.88 Å². The second-order valence-electron chi connectivity index (χ2n) is 7.34. The molecule has 31 heavy (non-hydrogen) atoms. The Morgan fingerprint density at radius 1 is 1.19 bits per heavy atom. The first-order chi connectivity index (χ1) is 14.3. The summed E-state index contributed by atoms with van der Waals surface area (Å²) in [5.41, 5.74) is -0.294. The number of nitrogens with zero attached hydrogens (tertiary/aromatic N) is 2. The van der Waals surface area contributed by atoms with E-state index in [9.17, 15) is 26.4 Å². The van der Waals surface area contributed by atoms with Gasteiger partial charge < -0.3 is 9.64 Å². The number of benzene rings is 2. The Morgan fingerprint density at radius 2 is 1.84 bits per heavy atom. The molecule has 1 atom stereocenters. The molecule has 1 heterocycles. The number of anilines is 2. The normalized spacial score (nSPS) is 15.8. The number of para-hydroxylation sites is 1. The van der Waals surface area contributed by atoms with Crippen LogP contribution in [0.15, 0.2) is 41.3 Å². The third-order valence-corrected chi connectivity index (χ3v) is 6.08. The quantitative estimate of drug-likeness (QED) is 0.745. The number of fused-ring (bicyclic) bond motifs is 1. The largest absolute Gasteiger partial charge is 0.417 e. The van der Waals surface area contributed by atoms with Crippen molar-refractivity contribution in [3.05, 3.63) is 53.1 Å². The minimum Gasteiger partial charge on any atom is -0.380 e. The van der Waals surface area contributed by atoms with Gasteiger partial charge in [0.05, 0.1) is 34.5 Å². The maximum absolute atomic E-state index is 13.6. The van der Waals surface area contributed by atoms with Gasteiger partial charge in [-0.15, -0.1) is 0 Å². The van der Waals surface area contributed by atoms with Crippen molar-refractivity contribution in [2.45, 2.75) is 31.0 Å². The molecule has 0 radical (unpaired) electrons. The van der Waals surface area contributed by atoms with E-state index in [0.717, 1.165) is 5.56 Å². The number of rotatable bonds is 5. The van der Waals surface area contributed by atoms with Crippen molar-refractivity contribution < 1.29 is 31.1 Å². The van der Waals surface area contributed by atoms with Crippen LogP contribution in [0, 0.1) is 6.92 Å². The lowest BCUT2D eigenvalue weighted by molar-refractivity contribution is -0.139. The summed E-state index contributed by atoms with van der Waals surface area (Å²) in [4.78, 5) is 15.1. The van der Waals surface area contributed by atoms with Crippen molar-refractivity contribution in [3.8, 4) is 0 Å². The molecule has 0 fully saturated rings. The Hall–Kier alpha value is -2.63. The number of hydrogen-bond donors (Lipinski definition) is 1. The molecule has 0 saturated heterocycles. The number of carbonyl (C=O) groups is 1. The topological polar surface area (TPSA) is 92.9 Å². The molecule has 0 saturated carbocycles. The predicted octanol–water partition coefficient (Wildman–Crippen LogP) is 3.12. The molecule has 168 valence electrons. The molecule has 1 amide bonds. The molecule has 1 unspecified atom stereocenters. The number of alkyl halides is 3. The highest BCUT2D eigenvalue weighted by Crippen LogP contribution is 2.41. The molecule has 1 aliphatic rings. The van der Waals surface area contributed by atoms with Crippen LogP contribution in [0.5, 0.6) is 0 Å². The highest BCUT2D eigenvalue weighted by atomic mass is 32.2. The molecule has 0 aliphatic carbocycles. The molecule has 0 aromatic heterocycles. The van der Waals surface area contributed by atoms with Crippen molar-refractivity contribution in [2.75, 3.05) is 30.1 Å². The molecule has 11 heteroatoms. The standard InChI is InChI=1S/C20H22F3N3O4S/c1-12-6-4-5-7-16(12)26-11-25(10-13(2)30-3)17-9-15(20(21,22)23)18(31(24,28)29)8-14(17)19(26)27/h4-9,13H,10-11H2,1-3H3,(H2,24,28,29). The maximum atomic E-state index is 13.6. The fraction of sp³-hybridized carbons (Fsp3) is 0.350. The second-order valence-corrected chi connectivity index (χ2v) is 8.87. The average molecular weight is 457 g/mol. The van der Waals surface area contributed by atoms with Crippen molar-refractivity contribution in [2.24, 2.45) is 5.14 Å². The van der Waals surface area contributed by atoms with Gasteiger partial charge in [-0.2, -0.15) is 13.2 Å². The van der Waals surface area contributed by atoms with Crippen LogP contribution in [0.1, 0.15) is 28.4 Å². The van der Waals surface area contributed by atoms with Crippen LogP contribution in [0.3, 0.4) is 0 Å². The molecule has 3 rings (SSSR count). The summed E-state index contributed by atoms with van der Waals surface area (Å²) in [7, 11) is -3.28. The highest BCUT2D eigenvalue weighted by molar-refractivity contribution is 7.89. The van der Waals surface area contributed by atoms with E-state index >= 15 is 0 Å². The number of hydrogen-bond acceptors (Lipinski definition) is 5. The van der Waals surface area contributed by atoms with Crippen molar-refractivity contribution in [1.29, 1.82) is 0 Å². The average Bonchev–Trinajstić information content (AvgIpc) is 2.68. The summed E-state index contributed by atoms with van der Waals surface area (Å²) in [6.07, 6.45) is -5.35. The third kappa shape index (κ3) is 4.53. The Balaban J connectivity index is 2.26. The Morgan fingerprint density at radius 3 is 2.39 bits per heavy atom. The predicted molar refractivity (Wildman–Crippen MR) is 109 cm³/mol. The Kier molecular flexibility index (Phi) is 6.05. The van der Waals surface area contributed by atoms with Gasteiger partial charge in [-0.05, 0) is 37.6 Å². The molecular formula is C20H22F3N3O4S. The van der Waals surface area contributed by atoms with E-state index < -0.39 is 32.6 Å². The number of halogens is 3. The van der Waals surface area contributed by atoms with Gasteiger partial charge in [-0.1, -0.05) is 18.2 Å². The molecule has 2 N–H and O–H groups in total. The number of primary sulfonamides is 1. The number of nitrogens with two attached hydrogens (primary N) is 1. The van der Waals surface area contributed by atoms with Gasteiger partial charge in [0.25, 0.3) is 5.91 Å². The third-order valence-electron chi connectivity index (χ3n) is 5.12. The number of methoxy groups -OCH3 is 1. The first-order valence-electron chi connectivity index (χ1n) is 9.28. The monoisotopic (exact) mass is 457 g/mol. The second kappa shape index (κ2) is 8.13. The lowest BCUT2D eigenvalue weighted by Crippen LogP contribution is -2.49. The van der Waals surface area contributed by atoms with Crippen LogP contribution in [-0.2, 0) is 20.9 Å². The SMILES string of the molecule is COC(C)CN1CN(c2ccccc2C)C(=O)c2cc(S(N)(=O)=O)c(C(F)(F)F)cc21. The molecule has 2 aromatic carbocycles. The van der Waals surface area contributed by atoms with Gasteiger partial charge in [0.1, 0.15) is 0 Å². The van der Waals surface area contributed by atoms with Crippen LogP contribution in [-0.4, -0.2) is 40.8 Å². The van der Waals surface area contributed by atoms with E-state index in [-0.39, 0.29) is 30.6 Å². The fourth-order valence-electron chi connectivity index (χ4n) is 3.51. The van der Waals surface area contributed by atoms with Crippen LogP contribution >= 0.6 is 0 Å². The Bertz CT molecular complexity index is 1120. The zero-order valence-corrected chi connectivity index (χ0v) is 17.9.